The molecule has 7 nitrogen and oxygen atoms in total. The summed E-state index contributed by atoms with van der Waals surface area (Å²) in [6.07, 6.45) is 0. The van der Waals surface area contributed by atoms with Crippen molar-refractivity contribution in [3.05, 3.63) is 82.7 Å². The van der Waals surface area contributed by atoms with Crippen LogP contribution in [0, 0.1) is 13.8 Å². The molecular formula is C26H29N3O4. The molecule has 2 amide bonds. The molecule has 0 radical (unpaired) electrons. The van der Waals surface area contributed by atoms with Gasteiger partial charge in [-0.3, -0.25) is 14.4 Å². The summed E-state index contributed by atoms with van der Waals surface area (Å²) in [6.45, 7) is 8.01. The first-order chi connectivity index (χ1) is 15.7. The van der Waals surface area contributed by atoms with E-state index in [1.54, 1.807) is 24.3 Å². The SMILES string of the molecule is COC(=O)CNC(=O)c1ccc(NC(=O)c2cc(C)n(-c3ccc(C(C)C)cc3)c2C)cc1. The summed E-state index contributed by atoms with van der Waals surface area (Å²) >= 11 is 0. The van der Waals surface area contributed by atoms with Crippen LogP contribution in [0.5, 0.6) is 0 Å². The van der Waals surface area contributed by atoms with E-state index >= 15 is 0 Å². The number of amides is 2. The third-order valence-electron chi connectivity index (χ3n) is 5.52. The van der Waals surface area contributed by atoms with Gasteiger partial charge in [0.2, 0.25) is 0 Å². The van der Waals surface area contributed by atoms with Crippen LogP contribution >= 0.6 is 0 Å². The van der Waals surface area contributed by atoms with E-state index in [2.05, 4.69) is 58.1 Å². The summed E-state index contributed by atoms with van der Waals surface area (Å²) in [4.78, 5) is 36.2. The highest BCUT2D eigenvalue weighted by Crippen LogP contribution is 2.24. The lowest BCUT2D eigenvalue weighted by molar-refractivity contribution is -0.139. The van der Waals surface area contributed by atoms with Crippen molar-refractivity contribution in [2.75, 3.05) is 19.0 Å². The van der Waals surface area contributed by atoms with Crippen molar-refractivity contribution in [1.82, 2.24) is 9.88 Å². The number of methoxy groups -OCH3 is 1. The third kappa shape index (κ3) is 5.49. The highest BCUT2D eigenvalue weighted by Gasteiger charge is 2.17. The average Bonchev–Trinajstić information content (AvgIpc) is 3.11. The molecule has 0 fully saturated rings. The van der Waals surface area contributed by atoms with Crippen molar-refractivity contribution < 1.29 is 19.1 Å². The molecule has 0 spiro atoms. The molecule has 2 N–H and O–H groups in total. The van der Waals surface area contributed by atoms with E-state index in [9.17, 15) is 14.4 Å². The minimum atomic E-state index is -0.527. The van der Waals surface area contributed by atoms with E-state index in [0.717, 1.165) is 17.1 Å². The Balaban J connectivity index is 1.72. The van der Waals surface area contributed by atoms with Crippen LogP contribution in [0.15, 0.2) is 54.6 Å². The van der Waals surface area contributed by atoms with Crippen LogP contribution in [0.3, 0.4) is 0 Å². The molecular weight excluding hydrogens is 418 g/mol. The molecule has 0 aliphatic heterocycles. The molecule has 0 saturated heterocycles. The molecule has 0 unspecified atom stereocenters. The lowest BCUT2D eigenvalue weighted by Crippen LogP contribution is -2.30. The lowest BCUT2D eigenvalue weighted by atomic mass is 10.0. The first-order valence-electron chi connectivity index (χ1n) is 10.8. The van der Waals surface area contributed by atoms with Gasteiger partial charge in [-0.05, 0) is 67.8 Å². The van der Waals surface area contributed by atoms with Gasteiger partial charge in [-0.1, -0.05) is 26.0 Å². The fourth-order valence-electron chi connectivity index (χ4n) is 3.63. The van der Waals surface area contributed by atoms with E-state index in [1.807, 2.05) is 19.9 Å². The topological polar surface area (TPSA) is 89.4 Å². The van der Waals surface area contributed by atoms with Crippen LogP contribution in [0.1, 0.15) is 57.4 Å². The van der Waals surface area contributed by atoms with Gasteiger partial charge in [-0.25, -0.2) is 0 Å². The summed E-state index contributed by atoms with van der Waals surface area (Å²) in [5.41, 5.74) is 5.61. The van der Waals surface area contributed by atoms with Gasteiger partial charge in [0, 0.05) is 28.3 Å². The normalized spacial score (nSPS) is 10.7. The van der Waals surface area contributed by atoms with Crippen LogP contribution in [-0.4, -0.2) is 36.0 Å². The largest absolute Gasteiger partial charge is 0.468 e. The average molecular weight is 448 g/mol. The first kappa shape index (κ1) is 23.8. The molecule has 0 aliphatic rings. The Morgan fingerprint density at radius 3 is 2.15 bits per heavy atom. The van der Waals surface area contributed by atoms with Gasteiger partial charge in [0.1, 0.15) is 6.54 Å². The maximum atomic E-state index is 12.9. The fourth-order valence-corrected chi connectivity index (χ4v) is 3.63. The second-order valence-corrected chi connectivity index (χ2v) is 8.16. The maximum Gasteiger partial charge on any atom is 0.325 e. The molecule has 1 aromatic heterocycles. The summed E-state index contributed by atoms with van der Waals surface area (Å²) in [5, 5.41) is 5.36. The van der Waals surface area contributed by atoms with E-state index in [4.69, 9.17) is 0 Å². The molecule has 0 atom stereocenters. The van der Waals surface area contributed by atoms with Crippen LogP contribution < -0.4 is 10.6 Å². The number of ether oxygens (including phenoxy) is 1. The van der Waals surface area contributed by atoms with Crippen molar-refractivity contribution in [1.29, 1.82) is 0 Å². The number of rotatable bonds is 7. The summed E-state index contributed by atoms with van der Waals surface area (Å²) in [6, 6.07) is 16.7. The Labute approximate surface area is 193 Å². The van der Waals surface area contributed by atoms with Crippen LogP contribution in [0.25, 0.3) is 5.69 Å². The summed E-state index contributed by atoms with van der Waals surface area (Å²) in [7, 11) is 1.26. The minimum Gasteiger partial charge on any atom is -0.468 e. The Kier molecular flexibility index (Phi) is 7.33. The Hall–Kier alpha value is -3.87. The maximum absolute atomic E-state index is 12.9. The second kappa shape index (κ2) is 10.2. The van der Waals surface area contributed by atoms with Crippen molar-refractivity contribution in [3.8, 4) is 5.69 Å². The molecule has 2 aromatic carbocycles. The highest BCUT2D eigenvalue weighted by atomic mass is 16.5. The number of aryl methyl sites for hydroxylation is 1. The van der Waals surface area contributed by atoms with Gasteiger partial charge in [-0.2, -0.15) is 0 Å². The van der Waals surface area contributed by atoms with Gasteiger partial charge in [-0.15, -0.1) is 0 Å². The molecule has 0 saturated carbocycles. The van der Waals surface area contributed by atoms with Crippen molar-refractivity contribution >= 4 is 23.5 Å². The zero-order chi connectivity index (χ0) is 24.1. The number of esters is 1. The fraction of sp³-hybridized carbons (Fsp3) is 0.269. The number of carbonyl (C=O) groups excluding carboxylic acids is 3. The van der Waals surface area contributed by atoms with Crippen molar-refractivity contribution in [3.63, 3.8) is 0 Å². The number of anilines is 1. The van der Waals surface area contributed by atoms with Crippen LogP contribution in [-0.2, 0) is 9.53 Å². The van der Waals surface area contributed by atoms with Crippen molar-refractivity contribution in [2.45, 2.75) is 33.6 Å². The van der Waals surface area contributed by atoms with Crippen LogP contribution in [0.2, 0.25) is 0 Å². The monoisotopic (exact) mass is 447 g/mol. The quantitative estimate of drug-likeness (QED) is 0.526. The Morgan fingerprint density at radius 1 is 0.939 bits per heavy atom. The predicted octanol–water partition coefficient (Wildman–Crippen LogP) is 4.37. The Bertz CT molecular complexity index is 1160. The van der Waals surface area contributed by atoms with Gasteiger partial charge in [0.15, 0.2) is 0 Å². The summed E-state index contributed by atoms with van der Waals surface area (Å²) in [5.74, 6) is -0.695. The zero-order valence-electron chi connectivity index (χ0n) is 19.6. The number of hydrogen-bond donors (Lipinski definition) is 2. The number of nitrogens with zero attached hydrogens (tertiary/aromatic N) is 1. The molecule has 7 heteroatoms. The third-order valence-corrected chi connectivity index (χ3v) is 5.52. The molecule has 3 aromatic rings. The number of benzene rings is 2. The van der Waals surface area contributed by atoms with Gasteiger partial charge >= 0.3 is 5.97 Å². The van der Waals surface area contributed by atoms with Gasteiger partial charge in [0.25, 0.3) is 11.8 Å². The molecule has 0 bridgehead atoms. The number of aromatic nitrogens is 1. The van der Waals surface area contributed by atoms with E-state index in [0.29, 0.717) is 22.7 Å². The van der Waals surface area contributed by atoms with E-state index in [-0.39, 0.29) is 12.5 Å². The zero-order valence-corrected chi connectivity index (χ0v) is 19.6. The lowest BCUT2D eigenvalue weighted by Gasteiger charge is -2.12. The Morgan fingerprint density at radius 2 is 1.58 bits per heavy atom. The molecule has 3 rings (SSSR count). The van der Waals surface area contributed by atoms with Crippen LogP contribution in [0.4, 0.5) is 5.69 Å². The molecule has 1 heterocycles. The van der Waals surface area contributed by atoms with Gasteiger partial charge in [0.05, 0.1) is 12.7 Å². The molecule has 172 valence electrons. The number of nitrogens with one attached hydrogen (secondary N) is 2. The summed E-state index contributed by atoms with van der Waals surface area (Å²) < 4.78 is 6.56. The van der Waals surface area contributed by atoms with E-state index < -0.39 is 11.9 Å². The van der Waals surface area contributed by atoms with Gasteiger partial charge < -0.3 is 19.9 Å². The minimum absolute atomic E-state index is 0.205. The molecule has 33 heavy (non-hydrogen) atoms. The second-order valence-electron chi connectivity index (χ2n) is 8.16. The van der Waals surface area contributed by atoms with Crippen molar-refractivity contribution in [2.24, 2.45) is 0 Å². The first-order valence-corrected chi connectivity index (χ1v) is 10.8. The predicted molar refractivity (Wildman–Crippen MR) is 128 cm³/mol. The molecule has 0 aliphatic carbocycles. The number of carbonyl (C=O) groups is 3. The van der Waals surface area contributed by atoms with E-state index in [1.165, 1.54) is 12.7 Å². The number of hydrogen-bond acceptors (Lipinski definition) is 4. The smallest absolute Gasteiger partial charge is 0.325 e. The highest BCUT2D eigenvalue weighted by molar-refractivity contribution is 6.05. The standard InChI is InChI=1S/C26H29N3O4/c1-16(2)19-8-12-22(13-9-19)29-17(3)14-23(18(29)4)26(32)28-21-10-6-20(7-11-21)25(31)27-15-24(30)33-5/h6-14,16H,15H2,1-5H3,(H,27,31)(H,28,32).